The van der Waals surface area contributed by atoms with E-state index in [9.17, 15) is 28.1 Å². The average Bonchev–Trinajstić information content (AvgIpc) is 2.46. The largest absolute Gasteiger partial charge is 0.477 e. The fraction of sp³-hybridized carbons (Fsp3) is 0.0769. The Kier molecular flexibility index (Phi) is 4.16. The molecule has 0 amide bonds. The molecule has 7 nitrogen and oxygen atoms in total. The Balaban J connectivity index is 2.33. The van der Waals surface area contributed by atoms with Gasteiger partial charge in [0.15, 0.2) is 0 Å². The van der Waals surface area contributed by atoms with Crippen LogP contribution >= 0.6 is 0 Å². The van der Waals surface area contributed by atoms with E-state index in [2.05, 4.69) is 4.98 Å². The van der Waals surface area contributed by atoms with Crippen molar-refractivity contribution in [1.82, 2.24) is 4.98 Å². The molecule has 1 N–H and O–H groups in total. The lowest BCUT2D eigenvalue weighted by atomic mass is 10.1. The number of rotatable bonds is 4. The van der Waals surface area contributed by atoms with Crippen molar-refractivity contribution in [2.75, 3.05) is 0 Å². The zero-order chi connectivity index (χ0) is 17.2. The van der Waals surface area contributed by atoms with Crippen LogP contribution in [0.25, 0.3) is 0 Å². The minimum absolute atomic E-state index is 0.0167. The van der Waals surface area contributed by atoms with E-state index in [0.717, 1.165) is 18.3 Å². The van der Waals surface area contributed by atoms with E-state index >= 15 is 0 Å². The number of pyridine rings is 1. The van der Waals surface area contributed by atoms with Crippen molar-refractivity contribution >= 4 is 11.7 Å². The molecule has 1 aromatic carbocycles. The van der Waals surface area contributed by atoms with Gasteiger partial charge >= 0.3 is 12.1 Å². The number of benzene rings is 1. The third kappa shape index (κ3) is 3.73. The second-order valence-electron chi connectivity index (χ2n) is 4.22. The molecule has 0 saturated carbocycles. The number of aromatic carboxylic acids is 1. The second-order valence-corrected chi connectivity index (χ2v) is 4.22. The third-order valence-corrected chi connectivity index (χ3v) is 2.66. The van der Waals surface area contributed by atoms with E-state index in [-0.39, 0.29) is 17.2 Å². The normalized spacial score (nSPS) is 11.1. The molecule has 0 aliphatic rings. The van der Waals surface area contributed by atoms with E-state index in [1.807, 2.05) is 0 Å². The number of hydrogen-bond acceptors (Lipinski definition) is 5. The summed E-state index contributed by atoms with van der Waals surface area (Å²) in [5.41, 5.74) is -2.81. The molecule has 1 heterocycles. The van der Waals surface area contributed by atoms with Gasteiger partial charge in [0.25, 0.3) is 5.69 Å². The molecule has 0 spiro atoms. The molecule has 23 heavy (non-hydrogen) atoms. The smallest absolute Gasteiger partial charge is 0.423 e. The van der Waals surface area contributed by atoms with E-state index < -0.39 is 28.3 Å². The molecule has 0 fully saturated rings. The van der Waals surface area contributed by atoms with Gasteiger partial charge in [-0.1, -0.05) is 0 Å². The van der Waals surface area contributed by atoms with Gasteiger partial charge in [0, 0.05) is 6.07 Å². The van der Waals surface area contributed by atoms with Crippen molar-refractivity contribution < 1.29 is 32.7 Å². The molecule has 2 aromatic rings. The number of carboxylic acids is 1. The maximum atomic E-state index is 12.8. The molecule has 0 saturated heterocycles. The van der Waals surface area contributed by atoms with Crippen LogP contribution < -0.4 is 4.74 Å². The molecule has 120 valence electrons. The van der Waals surface area contributed by atoms with Gasteiger partial charge in [-0.2, -0.15) is 13.2 Å². The zero-order valence-electron chi connectivity index (χ0n) is 11.1. The summed E-state index contributed by atoms with van der Waals surface area (Å²) < 4.78 is 43.6. The summed E-state index contributed by atoms with van der Waals surface area (Å²) in [5.74, 6) is -1.59. The standard InChI is InChI=1S/C13H7F3N2O5/c14-13(15,16)9-5-7(2-4-11(9)18(21)22)23-8-1-3-10(12(19)20)17-6-8/h1-6H,(H,19,20). The van der Waals surface area contributed by atoms with Crippen LogP contribution in [0, 0.1) is 10.1 Å². The first-order valence-corrected chi connectivity index (χ1v) is 5.91. The van der Waals surface area contributed by atoms with E-state index in [1.165, 1.54) is 6.07 Å². The van der Waals surface area contributed by atoms with Gasteiger partial charge in [-0.05, 0) is 24.3 Å². The fourth-order valence-electron chi connectivity index (χ4n) is 1.67. The van der Waals surface area contributed by atoms with E-state index in [1.54, 1.807) is 0 Å². The Morgan fingerprint density at radius 1 is 1.22 bits per heavy atom. The Hall–Kier alpha value is -3.17. The van der Waals surface area contributed by atoms with Crippen molar-refractivity contribution in [3.05, 3.63) is 57.9 Å². The number of nitro groups is 1. The van der Waals surface area contributed by atoms with Crippen LogP contribution in [-0.4, -0.2) is 21.0 Å². The highest BCUT2D eigenvalue weighted by molar-refractivity contribution is 5.85. The molecule has 0 bridgehead atoms. The van der Waals surface area contributed by atoms with Gasteiger partial charge < -0.3 is 9.84 Å². The Morgan fingerprint density at radius 3 is 2.35 bits per heavy atom. The number of carbonyl (C=O) groups is 1. The molecule has 0 aliphatic heterocycles. The third-order valence-electron chi connectivity index (χ3n) is 2.66. The fourth-order valence-corrected chi connectivity index (χ4v) is 1.67. The summed E-state index contributed by atoms with van der Waals surface area (Å²) in [6.45, 7) is 0. The Labute approximate surface area is 126 Å². The molecular weight excluding hydrogens is 321 g/mol. The lowest BCUT2D eigenvalue weighted by Gasteiger charge is -2.10. The summed E-state index contributed by atoms with van der Waals surface area (Å²) in [6, 6.07) is 4.47. The quantitative estimate of drug-likeness (QED) is 0.680. The first-order valence-electron chi connectivity index (χ1n) is 5.91. The minimum atomic E-state index is -4.92. The van der Waals surface area contributed by atoms with Gasteiger partial charge in [-0.25, -0.2) is 9.78 Å². The number of aromatic nitrogens is 1. The van der Waals surface area contributed by atoms with Crippen molar-refractivity contribution in [1.29, 1.82) is 0 Å². The Morgan fingerprint density at radius 2 is 1.87 bits per heavy atom. The first-order chi connectivity index (χ1) is 10.7. The molecule has 0 radical (unpaired) electrons. The topological polar surface area (TPSA) is 103 Å². The highest BCUT2D eigenvalue weighted by atomic mass is 19.4. The van der Waals surface area contributed by atoms with Crippen LogP contribution in [0.1, 0.15) is 16.1 Å². The number of carboxylic acid groups (broad SMARTS) is 1. The van der Waals surface area contributed by atoms with Crippen LogP contribution in [0.5, 0.6) is 11.5 Å². The predicted octanol–water partition coefficient (Wildman–Crippen LogP) is 3.50. The van der Waals surface area contributed by atoms with Gasteiger partial charge in [-0.15, -0.1) is 0 Å². The molecule has 0 unspecified atom stereocenters. The average molecular weight is 328 g/mol. The number of halogens is 3. The number of alkyl halides is 3. The number of hydrogen-bond donors (Lipinski definition) is 1. The first kappa shape index (κ1) is 16.2. The van der Waals surface area contributed by atoms with Crippen LogP contribution in [0.3, 0.4) is 0 Å². The van der Waals surface area contributed by atoms with Crippen LogP contribution in [0.4, 0.5) is 18.9 Å². The molecular formula is C13H7F3N2O5. The minimum Gasteiger partial charge on any atom is -0.477 e. The summed E-state index contributed by atoms with van der Waals surface area (Å²) in [4.78, 5) is 23.7. The van der Waals surface area contributed by atoms with Gasteiger partial charge in [-0.3, -0.25) is 10.1 Å². The highest BCUT2D eigenvalue weighted by Gasteiger charge is 2.38. The van der Waals surface area contributed by atoms with Crippen molar-refractivity contribution in [2.24, 2.45) is 0 Å². The van der Waals surface area contributed by atoms with Crippen molar-refractivity contribution in [2.45, 2.75) is 6.18 Å². The molecule has 1 aromatic heterocycles. The summed E-state index contributed by atoms with van der Waals surface area (Å²) in [7, 11) is 0. The molecule has 2 rings (SSSR count). The number of ether oxygens (including phenoxy) is 1. The SMILES string of the molecule is O=C(O)c1ccc(Oc2ccc([N+](=O)[O-])c(C(F)(F)F)c2)cn1. The van der Waals surface area contributed by atoms with Crippen LogP contribution in [0.2, 0.25) is 0 Å². The number of nitro benzene ring substituents is 1. The lowest BCUT2D eigenvalue weighted by molar-refractivity contribution is -0.388. The lowest BCUT2D eigenvalue weighted by Crippen LogP contribution is -2.09. The van der Waals surface area contributed by atoms with Gasteiger partial charge in [0.1, 0.15) is 22.8 Å². The molecule has 0 aliphatic carbocycles. The highest BCUT2D eigenvalue weighted by Crippen LogP contribution is 2.38. The van der Waals surface area contributed by atoms with Crippen LogP contribution in [0.15, 0.2) is 36.5 Å². The predicted molar refractivity (Wildman–Crippen MR) is 69.4 cm³/mol. The van der Waals surface area contributed by atoms with Crippen molar-refractivity contribution in [3.63, 3.8) is 0 Å². The van der Waals surface area contributed by atoms with Gasteiger partial charge in [0.05, 0.1) is 11.1 Å². The maximum Gasteiger partial charge on any atom is 0.423 e. The van der Waals surface area contributed by atoms with Crippen LogP contribution in [-0.2, 0) is 6.18 Å². The van der Waals surface area contributed by atoms with E-state index in [4.69, 9.17) is 9.84 Å². The van der Waals surface area contributed by atoms with Gasteiger partial charge in [0.2, 0.25) is 0 Å². The molecule has 10 heteroatoms. The summed E-state index contributed by atoms with van der Waals surface area (Å²) in [5, 5.41) is 19.3. The second kappa shape index (κ2) is 5.91. The zero-order valence-corrected chi connectivity index (χ0v) is 11.1. The molecule has 0 atom stereocenters. The Bertz CT molecular complexity index is 759. The van der Waals surface area contributed by atoms with E-state index in [0.29, 0.717) is 12.1 Å². The van der Waals surface area contributed by atoms with Crippen molar-refractivity contribution in [3.8, 4) is 11.5 Å². The number of nitrogens with zero attached hydrogens (tertiary/aromatic N) is 2. The monoisotopic (exact) mass is 328 g/mol. The summed E-state index contributed by atoms with van der Waals surface area (Å²) >= 11 is 0. The maximum absolute atomic E-state index is 12.8. The summed E-state index contributed by atoms with van der Waals surface area (Å²) in [6.07, 6.45) is -3.91.